The Kier molecular flexibility index (Phi) is 60.9. The Morgan fingerprint density at radius 1 is 0.375 bits per heavy atom. The summed E-state index contributed by atoms with van der Waals surface area (Å²) >= 11 is 0. The maximum absolute atomic E-state index is 12.5. The lowest BCUT2D eigenvalue weighted by molar-refractivity contribution is -0.143. The fourth-order valence-corrected chi connectivity index (χ4v) is 10.5. The Morgan fingerprint density at radius 2 is 0.639 bits per heavy atom. The molecule has 0 aliphatic carbocycles. The number of carbonyl (C=O) groups is 2. The number of unbranched alkanes of at least 4 members (excludes halogenated alkanes) is 51. The quantitative estimate of drug-likeness (QED) is 0.0320. The summed E-state index contributed by atoms with van der Waals surface area (Å²) in [7, 11) is 0. The second-order valence-electron chi connectivity index (χ2n) is 22.8. The molecule has 72 heavy (non-hydrogen) atoms. The van der Waals surface area contributed by atoms with E-state index in [2.05, 4.69) is 19.2 Å². The van der Waals surface area contributed by atoms with Gasteiger partial charge in [-0.05, 0) is 32.1 Å². The lowest BCUT2D eigenvalue weighted by atomic mass is 10.0. The SMILES string of the molecule is CCCCCCCCCCCCCCCCCCCC/C=C/C(O)C(CO)NC(=O)CCCCCCCCCCCCCCCCCCOC(=O)CCCCCCCCCCCCCCCCCCCCC. The molecule has 0 aromatic heterocycles. The highest BCUT2D eigenvalue weighted by Gasteiger charge is 2.18. The maximum Gasteiger partial charge on any atom is 0.305 e. The summed E-state index contributed by atoms with van der Waals surface area (Å²) in [6.07, 6.45) is 75.4. The zero-order valence-corrected chi connectivity index (χ0v) is 48.9. The molecular weight excluding hydrogens is 887 g/mol. The first-order valence-corrected chi connectivity index (χ1v) is 33.0. The minimum Gasteiger partial charge on any atom is -0.466 e. The van der Waals surface area contributed by atoms with E-state index >= 15 is 0 Å². The molecule has 0 bridgehead atoms. The summed E-state index contributed by atoms with van der Waals surface area (Å²) in [4.78, 5) is 24.6. The molecule has 0 fully saturated rings. The standard InChI is InChI=1S/C66H129NO5/c1-3-5-7-9-11-13-15-17-19-21-23-25-26-30-34-38-42-46-50-54-58-64(69)63(62-68)67-65(70)59-55-51-47-43-39-35-31-28-29-33-37-41-45-49-53-57-61-72-66(71)60-56-52-48-44-40-36-32-27-24-22-20-18-16-14-12-10-8-6-4-2/h54,58,63-64,68-69H,3-53,55-57,59-62H2,1-2H3,(H,67,70)/b58-54+. The number of allylic oxidation sites excluding steroid dienone is 1. The van der Waals surface area contributed by atoms with Crippen molar-refractivity contribution in [2.24, 2.45) is 0 Å². The van der Waals surface area contributed by atoms with Gasteiger partial charge in [0.2, 0.25) is 5.91 Å². The predicted molar refractivity (Wildman–Crippen MR) is 315 cm³/mol. The van der Waals surface area contributed by atoms with Gasteiger partial charge in [0.15, 0.2) is 0 Å². The monoisotopic (exact) mass is 1020 g/mol. The van der Waals surface area contributed by atoms with Crippen LogP contribution in [0.5, 0.6) is 0 Å². The zero-order chi connectivity index (χ0) is 52.2. The number of ether oxygens (including phenoxy) is 1. The molecule has 428 valence electrons. The largest absolute Gasteiger partial charge is 0.466 e. The van der Waals surface area contributed by atoms with E-state index in [1.807, 2.05) is 6.08 Å². The van der Waals surface area contributed by atoms with Crippen LogP contribution in [-0.2, 0) is 14.3 Å². The number of hydrogen-bond donors (Lipinski definition) is 3. The Balaban J connectivity index is 3.42. The molecular formula is C66H129NO5. The van der Waals surface area contributed by atoms with Crippen molar-refractivity contribution in [3.8, 4) is 0 Å². The Morgan fingerprint density at radius 3 is 0.944 bits per heavy atom. The fraction of sp³-hybridized carbons (Fsp3) is 0.939. The average Bonchev–Trinajstić information content (AvgIpc) is 3.38. The molecule has 2 unspecified atom stereocenters. The van der Waals surface area contributed by atoms with Gasteiger partial charge in [0.05, 0.1) is 25.4 Å². The van der Waals surface area contributed by atoms with Gasteiger partial charge in [-0.2, -0.15) is 0 Å². The van der Waals surface area contributed by atoms with Crippen LogP contribution in [0.25, 0.3) is 0 Å². The summed E-state index contributed by atoms with van der Waals surface area (Å²) in [5.74, 6) is -0.0624. The highest BCUT2D eigenvalue weighted by Crippen LogP contribution is 2.18. The normalized spacial score (nSPS) is 12.6. The number of hydrogen-bond acceptors (Lipinski definition) is 5. The van der Waals surface area contributed by atoms with E-state index in [0.717, 1.165) is 38.5 Å². The first kappa shape index (κ1) is 70.6. The smallest absolute Gasteiger partial charge is 0.305 e. The van der Waals surface area contributed by atoms with Crippen LogP contribution in [0.15, 0.2) is 12.2 Å². The molecule has 6 nitrogen and oxygen atoms in total. The van der Waals surface area contributed by atoms with E-state index < -0.39 is 12.1 Å². The number of aliphatic hydroxyl groups excluding tert-OH is 2. The predicted octanol–water partition coefficient (Wildman–Crippen LogP) is 20.8. The Labute approximate surface area is 450 Å². The van der Waals surface area contributed by atoms with Crippen molar-refractivity contribution < 1.29 is 24.5 Å². The van der Waals surface area contributed by atoms with E-state index in [-0.39, 0.29) is 18.5 Å². The summed E-state index contributed by atoms with van der Waals surface area (Å²) < 4.78 is 5.50. The second kappa shape index (κ2) is 62.1. The Bertz CT molecular complexity index is 1080. The Hall–Kier alpha value is -1.40. The van der Waals surface area contributed by atoms with E-state index in [4.69, 9.17) is 4.74 Å². The molecule has 2 atom stereocenters. The molecule has 0 aromatic carbocycles. The van der Waals surface area contributed by atoms with E-state index in [9.17, 15) is 19.8 Å². The summed E-state index contributed by atoms with van der Waals surface area (Å²) in [5, 5.41) is 23.2. The molecule has 6 heteroatoms. The lowest BCUT2D eigenvalue weighted by Crippen LogP contribution is -2.45. The van der Waals surface area contributed by atoms with Crippen molar-refractivity contribution in [3.63, 3.8) is 0 Å². The maximum atomic E-state index is 12.5. The summed E-state index contributed by atoms with van der Waals surface area (Å²) in [6, 6.07) is -0.633. The van der Waals surface area contributed by atoms with Gasteiger partial charge in [0.1, 0.15) is 0 Å². The van der Waals surface area contributed by atoms with Crippen LogP contribution in [0.4, 0.5) is 0 Å². The molecule has 0 aliphatic rings. The molecule has 0 heterocycles. The van der Waals surface area contributed by atoms with Crippen molar-refractivity contribution in [2.75, 3.05) is 13.2 Å². The fourth-order valence-electron chi connectivity index (χ4n) is 10.5. The first-order valence-electron chi connectivity index (χ1n) is 33.0. The molecule has 0 saturated carbocycles. The third-order valence-corrected chi connectivity index (χ3v) is 15.6. The van der Waals surface area contributed by atoms with Gasteiger partial charge in [-0.3, -0.25) is 9.59 Å². The molecule has 0 radical (unpaired) electrons. The van der Waals surface area contributed by atoms with E-state index in [1.54, 1.807) is 6.08 Å². The highest BCUT2D eigenvalue weighted by molar-refractivity contribution is 5.76. The zero-order valence-electron chi connectivity index (χ0n) is 48.9. The lowest BCUT2D eigenvalue weighted by Gasteiger charge is -2.20. The minimum absolute atomic E-state index is 0.00808. The number of amides is 1. The third kappa shape index (κ3) is 57.9. The van der Waals surface area contributed by atoms with Crippen molar-refractivity contribution in [1.29, 1.82) is 0 Å². The van der Waals surface area contributed by atoms with Crippen molar-refractivity contribution >= 4 is 11.9 Å². The van der Waals surface area contributed by atoms with Gasteiger partial charge in [0, 0.05) is 12.8 Å². The summed E-state index contributed by atoms with van der Waals surface area (Å²) in [6.45, 7) is 4.93. The third-order valence-electron chi connectivity index (χ3n) is 15.6. The van der Waals surface area contributed by atoms with Crippen LogP contribution in [0.1, 0.15) is 373 Å². The number of aliphatic hydroxyl groups is 2. The van der Waals surface area contributed by atoms with Crippen LogP contribution in [0.2, 0.25) is 0 Å². The van der Waals surface area contributed by atoms with Gasteiger partial charge in [-0.25, -0.2) is 0 Å². The van der Waals surface area contributed by atoms with E-state index in [1.165, 1.54) is 308 Å². The van der Waals surface area contributed by atoms with Crippen LogP contribution in [-0.4, -0.2) is 47.4 Å². The van der Waals surface area contributed by atoms with Crippen LogP contribution in [0.3, 0.4) is 0 Å². The van der Waals surface area contributed by atoms with Crippen molar-refractivity contribution in [1.82, 2.24) is 5.32 Å². The van der Waals surface area contributed by atoms with Gasteiger partial charge < -0.3 is 20.3 Å². The molecule has 0 aromatic rings. The number of nitrogens with one attached hydrogen (secondary N) is 1. The van der Waals surface area contributed by atoms with Gasteiger partial charge in [0.25, 0.3) is 0 Å². The van der Waals surface area contributed by atoms with Gasteiger partial charge >= 0.3 is 5.97 Å². The summed E-state index contributed by atoms with van der Waals surface area (Å²) in [5.41, 5.74) is 0. The van der Waals surface area contributed by atoms with Crippen molar-refractivity contribution in [3.05, 3.63) is 12.2 Å². The molecule has 1 amide bonds. The topological polar surface area (TPSA) is 95.9 Å². The molecule has 3 N–H and O–H groups in total. The first-order chi connectivity index (χ1) is 35.5. The van der Waals surface area contributed by atoms with Crippen molar-refractivity contribution in [2.45, 2.75) is 386 Å². The minimum atomic E-state index is -0.849. The molecule has 0 rings (SSSR count). The van der Waals surface area contributed by atoms with Gasteiger partial charge in [-0.1, -0.05) is 341 Å². The molecule has 0 aliphatic heterocycles. The van der Waals surface area contributed by atoms with Gasteiger partial charge in [-0.15, -0.1) is 0 Å². The molecule has 0 spiro atoms. The number of rotatable bonds is 62. The van der Waals surface area contributed by atoms with Crippen LogP contribution >= 0.6 is 0 Å². The number of esters is 1. The average molecular weight is 1020 g/mol. The number of carbonyl (C=O) groups excluding carboxylic acids is 2. The molecule has 0 saturated heterocycles. The highest BCUT2D eigenvalue weighted by atomic mass is 16.5. The van der Waals surface area contributed by atoms with E-state index in [0.29, 0.717) is 19.4 Å². The van der Waals surface area contributed by atoms with Crippen LogP contribution in [0, 0.1) is 0 Å². The van der Waals surface area contributed by atoms with Crippen LogP contribution < -0.4 is 5.32 Å². The second-order valence-corrected chi connectivity index (χ2v) is 22.8.